The molecule has 0 spiro atoms. The van der Waals surface area contributed by atoms with E-state index in [0.29, 0.717) is 32.6 Å². The summed E-state index contributed by atoms with van der Waals surface area (Å²) in [5.74, 6) is -1.62. The Bertz CT molecular complexity index is 830. The third kappa shape index (κ3) is 4.75. The van der Waals surface area contributed by atoms with Crippen molar-refractivity contribution in [1.29, 1.82) is 0 Å². The average molecular weight is 384 g/mol. The zero-order valence-corrected chi connectivity index (χ0v) is 16.0. The van der Waals surface area contributed by atoms with Gasteiger partial charge in [0, 0.05) is 38.6 Å². The number of carbonyl (C=O) groups is 2. The molecule has 1 atom stereocenters. The molecule has 0 unspecified atom stereocenters. The summed E-state index contributed by atoms with van der Waals surface area (Å²) < 4.78 is 13.9. The maximum absolute atomic E-state index is 13.9. The van der Waals surface area contributed by atoms with Crippen LogP contribution in [-0.4, -0.2) is 53.0 Å². The topological polar surface area (TPSA) is 60.9 Å². The Kier molecular flexibility index (Phi) is 6.41. The number of amides is 1. The number of carbonyl (C=O) groups excluding carboxylic acids is 1. The molecule has 0 radical (unpaired) electrons. The van der Waals surface area contributed by atoms with Gasteiger partial charge in [-0.3, -0.25) is 14.5 Å². The number of nitrogens with zero attached hydrogens (tertiary/aromatic N) is 2. The summed E-state index contributed by atoms with van der Waals surface area (Å²) in [7, 11) is 0. The summed E-state index contributed by atoms with van der Waals surface area (Å²) in [6, 6.07) is 14.2. The van der Waals surface area contributed by atoms with Crippen molar-refractivity contribution in [3.05, 3.63) is 71.0 Å². The monoisotopic (exact) mass is 384 g/mol. The van der Waals surface area contributed by atoms with Gasteiger partial charge < -0.3 is 10.0 Å². The lowest BCUT2D eigenvalue weighted by atomic mass is 9.98. The Morgan fingerprint density at radius 2 is 1.68 bits per heavy atom. The van der Waals surface area contributed by atoms with Crippen molar-refractivity contribution < 1.29 is 19.1 Å². The van der Waals surface area contributed by atoms with Crippen LogP contribution < -0.4 is 0 Å². The summed E-state index contributed by atoms with van der Waals surface area (Å²) in [4.78, 5) is 27.6. The van der Waals surface area contributed by atoms with Gasteiger partial charge in [0.15, 0.2) is 0 Å². The molecule has 1 aliphatic rings. The lowest BCUT2D eigenvalue weighted by Crippen LogP contribution is -2.49. The van der Waals surface area contributed by atoms with Gasteiger partial charge in [-0.1, -0.05) is 42.0 Å². The molecule has 1 aliphatic heterocycles. The van der Waals surface area contributed by atoms with Crippen molar-refractivity contribution in [1.82, 2.24) is 9.80 Å². The molecule has 28 heavy (non-hydrogen) atoms. The minimum Gasteiger partial charge on any atom is -0.481 e. The zero-order chi connectivity index (χ0) is 20.1. The van der Waals surface area contributed by atoms with Crippen LogP contribution in [-0.2, 0) is 4.79 Å². The van der Waals surface area contributed by atoms with E-state index in [9.17, 15) is 14.0 Å². The van der Waals surface area contributed by atoms with E-state index in [1.165, 1.54) is 12.1 Å². The molecule has 1 saturated heterocycles. The molecular weight excluding hydrogens is 359 g/mol. The van der Waals surface area contributed by atoms with E-state index >= 15 is 0 Å². The number of rotatable bonds is 6. The maximum Gasteiger partial charge on any atom is 0.303 e. The average Bonchev–Trinajstić information content (AvgIpc) is 2.69. The quantitative estimate of drug-likeness (QED) is 0.828. The van der Waals surface area contributed by atoms with Gasteiger partial charge in [0.1, 0.15) is 5.82 Å². The Morgan fingerprint density at radius 3 is 2.29 bits per heavy atom. The zero-order valence-electron chi connectivity index (χ0n) is 16.0. The maximum atomic E-state index is 13.9. The van der Waals surface area contributed by atoms with Crippen molar-refractivity contribution in [2.24, 2.45) is 0 Å². The van der Waals surface area contributed by atoms with Crippen LogP contribution in [0.4, 0.5) is 4.39 Å². The number of benzene rings is 2. The number of carboxylic acid groups (broad SMARTS) is 1. The normalized spacial score (nSPS) is 16.0. The second-order valence-electron chi connectivity index (χ2n) is 7.17. The van der Waals surface area contributed by atoms with Crippen LogP contribution in [0.25, 0.3) is 0 Å². The smallest absolute Gasteiger partial charge is 0.303 e. The number of aryl methyl sites for hydroxylation is 1. The van der Waals surface area contributed by atoms with Gasteiger partial charge in [-0.25, -0.2) is 4.39 Å². The van der Waals surface area contributed by atoms with Crippen LogP contribution in [0.2, 0.25) is 0 Å². The third-order valence-corrected chi connectivity index (χ3v) is 5.24. The first-order valence-electron chi connectivity index (χ1n) is 9.52. The van der Waals surface area contributed by atoms with Crippen LogP contribution in [0, 0.1) is 12.7 Å². The Labute approximate surface area is 164 Å². The van der Waals surface area contributed by atoms with E-state index in [1.54, 1.807) is 17.0 Å². The van der Waals surface area contributed by atoms with Gasteiger partial charge in [-0.05, 0) is 31.0 Å². The molecule has 2 aromatic rings. The Morgan fingerprint density at radius 1 is 1.04 bits per heavy atom. The first-order chi connectivity index (χ1) is 13.5. The number of hydrogen-bond acceptors (Lipinski definition) is 3. The lowest BCUT2D eigenvalue weighted by Gasteiger charge is -2.39. The summed E-state index contributed by atoms with van der Waals surface area (Å²) in [5, 5.41) is 9.11. The molecule has 148 valence electrons. The first-order valence-corrected chi connectivity index (χ1v) is 9.52. The lowest BCUT2D eigenvalue weighted by molar-refractivity contribution is -0.137. The van der Waals surface area contributed by atoms with E-state index in [4.69, 9.17) is 5.11 Å². The molecule has 0 bridgehead atoms. The molecule has 6 heteroatoms. The van der Waals surface area contributed by atoms with Crippen molar-refractivity contribution in [3.8, 4) is 0 Å². The predicted octanol–water partition coefficient (Wildman–Crippen LogP) is 3.50. The van der Waals surface area contributed by atoms with Gasteiger partial charge in [-0.2, -0.15) is 0 Å². The Balaban J connectivity index is 1.69. The standard InChI is InChI=1S/C22H25FN2O3/c1-16-6-8-17(9-7-16)20(10-11-21(26)27)24-12-14-25(15-13-24)22(28)18-4-2-3-5-19(18)23/h2-9,20H,10-15H2,1H3,(H,26,27)/t20-/m1/s1. The SMILES string of the molecule is Cc1ccc([C@@H](CCC(=O)O)N2CCN(C(=O)c3ccccc3F)CC2)cc1. The predicted molar refractivity (Wildman–Crippen MR) is 105 cm³/mol. The molecule has 3 rings (SSSR count). The summed E-state index contributed by atoms with van der Waals surface area (Å²) >= 11 is 0. The van der Waals surface area contributed by atoms with Crippen LogP contribution in [0.5, 0.6) is 0 Å². The highest BCUT2D eigenvalue weighted by molar-refractivity contribution is 5.94. The van der Waals surface area contributed by atoms with Gasteiger partial charge >= 0.3 is 5.97 Å². The van der Waals surface area contributed by atoms with E-state index in [2.05, 4.69) is 4.90 Å². The minimum atomic E-state index is -0.814. The van der Waals surface area contributed by atoms with Crippen LogP contribution >= 0.6 is 0 Å². The fourth-order valence-corrected chi connectivity index (χ4v) is 3.65. The van der Waals surface area contributed by atoms with Gasteiger partial charge in [0.2, 0.25) is 0 Å². The van der Waals surface area contributed by atoms with E-state index in [-0.39, 0.29) is 23.9 Å². The second kappa shape index (κ2) is 8.97. The number of aliphatic carboxylic acids is 1. The highest BCUT2D eigenvalue weighted by Gasteiger charge is 2.28. The Hall–Kier alpha value is -2.73. The molecule has 0 aromatic heterocycles. The van der Waals surface area contributed by atoms with Crippen LogP contribution in [0.15, 0.2) is 48.5 Å². The molecular formula is C22H25FN2O3. The molecule has 0 saturated carbocycles. The molecule has 1 N–H and O–H groups in total. The van der Waals surface area contributed by atoms with Crippen LogP contribution in [0.3, 0.4) is 0 Å². The van der Waals surface area contributed by atoms with E-state index < -0.39 is 11.8 Å². The van der Waals surface area contributed by atoms with E-state index in [0.717, 1.165) is 11.1 Å². The van der Waals surface area contributed by atoms with Crippen LogP contribution in [0.1, 0.15) is 40.4 Å². The summed E-state index contributed by atoms with van der Waals surface area (Å²) in [6.07, 6.45) is 0.604. The van der Waals surface area contributed by atoms with E-state index in [1.807, 2.05) is 31.2 Å². The fourth-order valence-electron chi connectivity index (χ4n) is 3.65. The molecule has 5 nitrogen and oxygen atoms in total. The molecule has 1 amide bonds. The summed E-state index contributed by atoms with van der Waals surface area (Å²) in [5.41, 5.74) is 2.33. The summed E-state index contributed by atoms with van der Waals surface area (Å²) in [6.45, 7) is 4.24. The minimum absolute atomic E-state index is 0.0117. The fraction of sp³-hybridized carbons (Fsp3) is 0.364. The first kappa shape index (κ1) is 20.0. The number of carboxylic acids is 1. The largest absolute Gasteiger partial charge is 0.481 e. The number of hydrogen-bond donors (Lipinski definition) is 1. The number of piperazine rings is 1. The van der Waals surface area contributed by atoms with Crippen molar-refractivity contribution in [2.75, 3.05) is 26.2 Å². The van der Waals surface area contributed by atoms with Gasteiger partial charge in [0.25, 0.3) is 5.91 Å². The molecule has 1 fully saturated rings. The number of halogens is 1. The van der Waals surface area contributed by atoms with Gasteiger partial charge in [0.05, 0.1) is 5.56 Å². The van der Waals surface area contributed by atoms with Gasteiger partial charge in [-0.15, -0.1) is 0 Å². The molecule has 2 aromatic carbocycles. The van der Waals surface area contributed by atoms with Crippen molar-refractivity contribution in [2.45, 2.75) is 25.8 Å². The van der Waals surface area contributed by atoms with Crippen molar-refractivity contribution in [3.63, 3.8) is 0 Å². The molecule has 0 aliphatic carbocycles. The third-order valence-electron chi connectivity index (χ3n) is 5.24. The highest BCUT2D eigenvalue weighted by atomic mass is 19.1. The van der Waals surface area contributed by atoms with Crippen molar-refractivity contribution >= 4 is 11.9 Å². The molecule has 1 heterocycles. The second-order valence-corrected chi connectivity index (χ2v) is 7.17. The highest BCUT2D eigenvalue weighted by Crippen LogP contribution is 2.27.